The number of benzene rings is 1. The van der Waals surface area contributed by atoms with Crippen molar-refractivity contribution in [2.75, 3.05) is 6.61 Å². The van der Waals surface area contributed by atoms with Gasteiger partial charge in [-0.25, -0.2) is 0 Å². The molecule has 0 heterocycles. The largest absolute Gasteiger partial charge is 0.483 e. The number of nitrogens with two attached hydrogens (primary N) is 1. The van der Waals surface area contributed by atoms with Crippen LogP contribution in [-0.2, 0) is 9.59 Å². The smallest absolute Gasteiger partial charge is 0.422 e. The predicted octanol–water partition coefficient (Wildman–Crippen LogP) is 4.12. The second-order valence-electron chi connectivity index (χ2n) is 6.36. The number of carbonyl (C=O) groups is 2. The van der Waals surface area contributed by atoms with E-state index < -0.39 is 24.7 Å². The molecular weight excluding hydrogens is 423 g/mol. The molecular formula is C20H25ClF3N3O3. The Kier molecular flexibility index (Phi) is 9.71. The van der Waals surface area contributed by atoms with Gasteiger partial charge < -0.3 is 21.1 Å². The molecule has 166 valence electrons. The fraction of sp³-hybridized carbons (Fsp3) is 0.400. The maximum absolute atomic E-state index is 12.6. The first-order valence-electron chi connectivity index (χ1n) is 9.23. The van der Waals surface area contributed by atoms with Crippen LogP contribution >= 0.6 is 11.6 Å². The van der Waals surface area contributed by atoms with Gasteiger partial charge >= 0.3 is 6.18 Å². The number of alkyl halides is 3. The molecule has 0 saturated heterocycles. The highest BCUT2D eigenvalue weighted by Gasteiger charge is 2.28. The van der Waals surface area contributed by atoms with E-state index in [0.29, 0.717) is 12.0 Å². The third-order valence-electron chi connectivity index (χ3n) is 3.80. The molecule has 0 aromatic heterocycles. The summed E-state index contributed by atoms with van der Waals surface area (Å²) < 4.78 is 41.5. The maximum Gasteiger partial charge on any atom is 0.422 e. The lowest BCUT2D eigenvalue weighted by Gasteiger charge is -2.17. The molecule has 0 fully saturated rings. The number of halogens is 4. The summed E-state index contributed by atoms with van der Waals surface area (Å²) in [5.74, 6) is -0.786. The number of allylic oxidation sites excluding steroid dienone is 1. The second kappa shape index (κ2) is 11.5. The summed E-state index contributed by atoms with van der Waals surface area (Å²) >= 11 is 6.00. The molecule has 10 heteroatoms. The number of nitrogens with one attached hydrogen (secondary N) is 2. The van der Waals surface area contributed by atoms with Crippen LogP contribution in [-0.4, -0.2) is 24.6 Å². The van der Waals surface area contributed by atoms with Crippen LogP contribution < -0.4 is 21.1 Å². The number of hydrogen-bond donors (Lipinski definition) is 3. The van der Waals surface area contributed by atoms with Gasteiger partial charge in [-0.3, -0.25) is 9.59 Å². The van der Waals surface area contributed by atoms with E-state index in [1.165, 1.54) is 24.3 Å². The minimum absolute atomic E-state index is 0.00593. The highest BCUT2D eigenvalue weighted by molar-refractivity contribution is 6.32. The quantitative estimate of drug-likeness (QED) is 0.392. The topological polar surface area (TPSA) is 93.5 Å². The predicted molar refractivity (Wildman–Crippen MR) is 109 cm³/mol. The van der Waals surface area contributed by atoms with Crippen LogP contribution in [0.3, 0.4) is 0 Å². The normalized spacial score (nSPS) is 13.6. The zero-order chi connectivity index (χ0) is 22.9. The molecule has 6 nitrogen and oxygen atoms in total. The lowest BCUT2D eigenvalue weighted by Crippen LogP contribution is -2.30. The van der Waals surface area contributed by atoms with E-state index in [1.807, 2.05) is 6.92 Å². The first kappa shape index (κ1) is 25.4. The van der Waals surface area contributed by atoms with Crippen LogP contribution in [0.5, 0.6) is 5.75 Å². The Morgan fingerprint density at radius 2 is 1.97 bits per heavy atom. The fourth-order valence-corrected chi connectivity index (χ4v) is 2.56. The van der Waals surface area contributed by atoms with Gasteiger partial charge in [0.15, 0.2) is 6.61 Å². The van der Waals surface area contributed by atoms with Gasteiger partial charge in [0.25, 0.3) is 5.91 Å². The average Bonchev–Trinajstić information content (AvgIpc) is 2.65. The molecule has 1 rings (SSSR count). The van der Waals surface area contributed by atoms with Crippen LogP contribution in [0.25, 0.3) is 0 Å². The molecule has 1 atom stereocenters. The third kappa shape index (κ3) is 8.77. The minimum Gasteiger partial charge on any atom is -0.483 e. The monoisotopic (exact) mass is 447 g/mol. The van der Waals surface area contributed by atoms with E-state index in [1.54, 1.807) is 19.9 Å². The van der Waals surface area contributed by atoms with Crippen molar-refractivity contribution in [2.24, 2.45) is 5.73 Å². The summed E-state index contributed by atoms with van der Waals surface area (Å²) in [5, 5.41) is 5.21. The lowest BCUT2D eigenvalue weighted by molar-refractivity contribution is -0.153. The first-order chi connectivity index (χ1) is 14.0. The third-order valence-corrected chi connectivity index (χ3v) is 4.09. The van der Waals surface area contributed by atoms with Gasteiger partial charge in [0.1, 0.15) is 11.6 Å². The Labute approximate surface area is 178 Å². The summed E-state index contributed by atoms with van der Waals surface area (Å²) in [6.07, 6.45) is -0.667. The van der Waals surface area contributed by atoms with Crippen molar-refractivity contribution in [1.29, 1.82) is 0 Å². The molecule has 0 bridgehead atoms. The molecule has 1 aromatic carbocycles. The number of carbonyl (C=O) groups excluding carboxylic acids is 2. The average molecular weight is 448 g/mol. The van der Waals surface area contributed by atoms with Crippen LogP contribution in [0, 0.1) is 0 Å². The number of rotatable bonds is 9. The van der Waals surface area contributed by atoms with Gasteiger partial charge in [-0.1, -0.05) is 37.6 Å². The Bertz CT molecular complexity index is 823. The highest BCUT2D eigenvalue weighted by atomic mass is 35.5. The van der Waals surface area contributed by atoms with Crippen molar-refractivity contribution in [3.8, 4) is 5.75 Å². The number of amides is 2. The molecule has 30 heavy (non-hydrogen) atoms. The second-order valence-corrected chi connectivity index (χ2v) is 6.77. The Hall–Kier alpha value is -2.68. The van der Waals surface area contributed by atoms with Gasteiger partial charge in [-0.05, 0) is 37.1 Å². The molecule has 0 spiro atoms. The van der Waals surface area contributed by atoms with Crippen molar-refractivity contribution in [3.05, 3.63) is 52.3 Å². The summed E-state index contributed by atoms with van der Waals surface area (Å²) in [5.41, 5.74) is 6.58. The van der Waals surface area contributed by atoms with E-state index in [2.05, 4.69) is 15.4 Å². The van der Waals surface area contributed by atoms with Crippen molar-refractivity contribution < 1.29 is 27.5 Å². The van der Waals surface area contributed by atoms with Crippen LogP contribution in [0.2, 0.25) is 5.02 Å². The number of hydrogen-bond acceptors (Lipinski definition) is 4. The first-order valence-corrected chi connectivity index (χ1v) is 9.61. The highest BCUT2D eigenvalue weighted by Crippen LogP contribution is 2.29. The Morgan fingerprint density at radius 3 is 2.50 bits per heavy atom. The van der Waals surface area contributed by atoms with E-state index in [9.17, 15) is 22.8 Å². The molecule has 0 aliphatic rings. The molecule has 1 aromatic rings. The van der Waals surface area contributed by atoms with E-state index in [0.717, 1.165) is 0 Å². The molecule has 0 saturated carbocycles. The van der Waals surface area contributed by atoms with Gasteiger partial charge in [-0.2, -0.15) is 13.2 Å². The molecule has 1 unspecified atom stereocenters. The standard InChI is InChI=1S/C20H25ClF3N3O3/c1-4-6-14(10-17(25)27-18(28)5-2)19(29)26-12(3)13-7-8-16(15(21)9-13)30-11-20(22,23)24/h6-10,12H,4-5,11,25H2,1-3H3,(H,26,29)(H,27,28)/b14-6+,17-10+. The molecule has 0 radical (unpaired) electrons. The lowest BCUT2D eigenvalue weighted by atomic mass is 10.1. The van der Waals surface area contributed by atoms with E-state index in [-0.39, 0.29) is 34.5 Å². The number of ether oxygens (including phenoxy) is 1. The molecule has 0 aliphatic heterocycles. The zero-order valence-corrected chi connectivity index (χ0v) is 17.7. The van der Waals surface area contributed by atoms with Gasteiger partial charge in [-0.15, -0.1) is 0 Å². The summed E-state index contributed by atoms with van der Waals surface area (Å²) in [6, 6.07) is 3.74. The minimum atomic E-state index is -4.47. The molecule has 0 aliphatic carbocycles. The molecule has 4 N–H and O–H groups in total. The summed E-state index contributed by atoms with van der Waals surface area (Å²) in [7, 11) is 0. The van der Waals surface area contributed by atoms with Crippen LogP contribution in [0.15, 0.2) is 41.7 Å². The Balaban J connectivity index is 2.88. The van der Waals surface area contributed by atoms with Crippen molar-refractivity contribution in [1.82, 2.24) is 10.6 Å². The Morgan fingerprint density at radius 1 is 1.30 bits per heavy atom. The van der Waals surface area contributed by atoms with Crippen LogP contribution in [0.1, 0.15) is 45.2 Å². The maximum atomic E-state index is 12.6. The van der Waals surface area contributed by atoms with Crippen molar-refractivity contribution in [3.63, 3.8) is 0 Å². The van der Waals surface area contributed by atoms with Crippen molar-refractivity contribution in [2.45, 2.75) is 45.8 Å². The summed E-state index contributed by atoms with van der Waals surface area (Å²) in [6.45, 7) is 3.75. The molecule has 2 amide bonds. The van der Waals surface area contributed by atoms with Crippen LogP contribution in [0.4, 0.5) is 13.2 Å². The fourth-order valence-electron chi connectivity index (χ4n) is 2.32. The summed E-state index contributed by atoms with van der Waals surface area (Å²) in [4.78, 5) is 24.0. The van der Waals surface area contributed by atoms with Gasteiger partial charge in [0, 0.05) is 12.0 Å². The van der Waals surface area contributed by atoms with Crippen molar-refractivity contribution >= 4 is 23.4 Å². The van der Waals surface area contributed by atoms with Gasteiger partial charge in [0.2, 0.25) is 5.91 Å². The van der Waals surface area contributed by atoms with E-state index >= 15 is 0 Å². The van der Waals surface area contributed by atoms with E-state index in [4.69, 9.17) is 17.3 Å². The van der Waals surface area contributed by atoms with Gasteiger partial charge in [0.05, 0.1) is 11.1 Å². The zero-order valence-electron chi connectivity index (χ0n) is 16.9. The SMILES string of the molecule is CC/C=C(\C=C(/N)NC(=O)CC)C(=O)NC(C)c1ccc(OCC(F)(F)F)c(Cl)c1.